The fourth-order valence-electron chi connectivity index (χ4n) is 2.07. The molecule has 3 aromatic rings. The zero-order valence-electron chi connectivity index (χ0n) is 13.3. The second kappa shape index (κ2) is 5.58. The van der Waals surface area contributed by atoms with Gasteiger partial charge >= 0.3 is 0 Å². The average Bonchev–Trinajstić information content (AvgIpc) is 3.08. The molecular formula is C16H17N3O2S2. The van der Waals surface area contributed by atoms with E-state index in [0.29, 0.717) is 9.20 Å². The predicted molar refractivity (Wildman–Crippen MR) is 94.5 cm³/mol. The number of H-pyrrole nitrogens is 1. The van der Waals surface area contributed by atoms with Crippen LogP contribution in [0.2, 0.25) is 0 Å². The van der Waals surface area contributed by atoms with Crippen molar-refractivity contribution in [2.24, 2.45) is 5.41 Å². The van der Waals surface area contributed by atoms with Gasteiger partial charge in [-0.15, -0.1) is 22.7 Å². The van der Waals surface area contributed by atoms with Crippen LogP contribution in [0.1, 0.15) is 32.2 Å². The molecule has 0 atom stereocenters. The topological polar surface area (TPSA) is 67.2 Å². The summed E-state index contributed by atoms with van der Waals surface area (Å²) in [6.07, 6.45) is 5.26. The van der Waals surface area contributed by atoms with Gasteiger partial charge in [0.2, 0.25) is 0 Å². The summed E-state index contributed by atoms with van der Waals surface area (Å²) in [7, 11) is 0. The molecule has 3 rings (SSSR count). The van der Waals surface area contributed by atoms with Crippen LogP contribution in [0, 0.1) is 12.3 Å². The summed E-state index contributed by atoms with van der Waals surface area (Å²) >= 11 is 2.84. The second-order valence-electron chi connectivity index (χ2n) is 6.33. The minimum Gasteiger partial charge on any atom is -0.313 e. The van der Waals surface area contributed by atoms with Crippen molar-refractivity contribution in [1.82, 2.24) is 14.4 Å². The fourth-order valence-corrected chi connectivity index (χ4v) is 3.70. The van der Waals surface area contributed by atoms with E-state index in [0.717, 1.165) is 16.3 Å². The first-order valence-electron chi connectivity index (χ1n) is 7.15. The Kier molecular flexibility index (Phi) is 3.85. The molecule has 0 spiro atoms. The van der Waals surface area contributed by atoms with Gasteiger partial charge in [-0.2, -0.15) is 0 Å². The van der Waals surface area contributed by atoms with E-state index in [1.807, 2.05) is 49.7 Å². The first-order chi connectivity index (χ1) is 10.8. The van der Waals surface area contributed by atoms with E-state index < -0.39 is 5.41 Å². The van der Waals surface area contributed by atoms with Crippen LogP contribution in [0.15, 0.2) is 16.4 Å². The third-order valence-corrected chi connectivity index (χ3v) is 5.15. The normalized spacial score (nSPS) is 14.1. The molecule has 5 nitrogen and oxygen atoms in total. The molecule has 3 heterocycles. The number of rotatable bonds is 2. The average molecular weight is 347 g/mol. The number of carbonyl (C=O) groups is 1. The van der Waals surface area contributed by atoms with Gasteiger partial charge in [-0.25, -0.2) is 4.98 Å². The van der Waals surface area contributed by atoms with Crippen LogP contribution in [-0.4, -0.2) is 20.2 Å². The molecule has 120 valence electrons. The molecule has 23 heavy (non-hydrogen) atoms. The first-order valence-corrected chi connectivity index (χ1v) is 8.84. The molecule has 0 bridgehead atoms. The number of fused-ring (bicyclic) bond motifs is 1. The Balaban J connectivity index is 2.13. The monoisotopic (exact) mass is 347 g/mol. The Morgan fingerprint density at radius 3 is 2.83 bits per heavy atom. The number of nitrogens with one attached hydrogen (secondary N) is 1. The van der Waals surface area contributed by atoms with E-state index in [9.17, 15) is 9.59 Å². The fraction of sp³-hybridized carbons (Fsp3) is 0.312. The van der Waals surface area contributed by atoms with Crippen molar-refractivity contribution >= 4 is 45.6 Å². The number of hydrogen-bond acceptors (Lipinski definition) is 5. The summed E-state index contributed by atoms with van der Waals surface area (Å²) in [5.74, 6) is -0.0118. The van der Waals surface area contributed by atoms with E-state index in [1.54, 1.807) is 11.3 Å². The van der Waals surface area contributed by atoms with Gasteiger partial charge in [0.25, 0.3) is 5.56 Å². The van der Waals surface area contributed by atoms with Crippen LogP contribution < -0.4 is 14.8 Å². The van der Waals surface area contributed by atoms with Crippen molar-refractivity contribution in [3.63, 3.8) is 0 Å². The molecule has 1 N–H and O–H groups in total. The molecule has 0 fully saturated rings. The lowest BCUT2D eigenvalue weighted by Crippen LogP contribution is -2.22. The van der Waals surface area contributed by atoms with Gasteiger partial charge in [0.1, 0.15) is 0 Å². The Morgan fingerprint density at radius 2 is 2.13 bits per heavy atom. The highest BCUT2D eigenvalue weighted by molar-refractivity contribution is 7.15. The van der Waals surface area contributed by atoms with Crippen LogP contribution in [0.3, 0.4) is 0 Å². The summed E-state index contributed by atoms with van der Waals surface area (Å²) < 4.78 is 3.10. The van der Waals surface area contributed by atoms with Crippen molar-refractivity contribution < 1.29 is 4.79 Å². The summed E-state index contributed by atoms with van der Waals surface area (Å²) in [4.78, 5) is 32.3. The highest BCUT2D eigenvalue weighted by Gasteiger charge is 2.18. The molecule has 0 aliphatic carbocycles. The number of ketones is 1. The lowest BCUT2D eigenvalue weighted by Gasteiger charge is -2.12. The van der Waals surface area contributed by atoms with Crippen molar-refractivity contribution in [1.29, 1.82) is 0 Å². The minimum absolute atomic E-state index is 0.0118. The van der Waals surface area contributed by atoms with Crippen LogP contribution in [0.4, 0.5) is 0 Å². The molecule has 0 unspecified atom stereocenters. The SMILES string of the molecule is Cc1nc2sccn2c1C=c1sc(=CC(=O)C(C)(C)C)[nH]c1=O. The molecule has 0 saturated heterocycles. The van der Waals surface area contributed by atoms with Gasteiger partial charge in [-0.1, -0.05) is 20.8 Å². The third kappa shape index (κ3) is 3.07. The van der Waals surface area contributed by atoms with Crippen LogP contribution >= 0.6 is 22.7 Å². The molecule has 0 saturated carbocycles. The van der Waals surface area contributed by atoms with Gasteiger partial charge in [0.05, 0.1) is 20.6 Å². The summed E-state index contributed by atoms with van der Waals surface area (Å²) in [5.41, 5.74) is 1.12. The van der Waals surface area contributed by atoms with Gasteiger partial charge in [0, 0.05) is 23.1 Å². The third-order valence-electron chi connectivity index (χ3n) is 3.43. The molecule has 0 aliphatic heterocycles. The number of thiazole rings is 2. The lowest BCUT2D eigenvalue weighted by atomic mass is 9.91. The van der Waals surface area contributed by atoms with Crippen LogP contribution in [-0.2, 0) is 4.79 Å². The number of aromatic amines is 1. The standard InChI is InChI=1S/C16H17N3O2S2/c1-9-10(19-5-6-22-15(19)17-9)7-11-14(21)18-13(23-11)8-12(20)16(2,3)4/h5-8H,1-4H3,(H,18,21). The summed E-state index contributed by atoms with van der Waals surface area (Å²) in [6.45, 7) is 7.48. The smallest absolute Gasteiger partial charge is 0.266 e. The van der Waals surface area contributed by atoms with Gasteiger partial charge < -0.3 is 4.98 Å². The van der Waals surface area contributed by atoms with Crippen molar-refractivity contribution in [3.05, 3.63) is 42.5 Å². The van der Waals surface area contributed by atoms with Gasteiger partial charge in [-0.05, 0) is 13.0 Å². The van der Waals surface area contributed by atoms with E-state index >= 15 is 0 Å². The van der Waals surface area contributed by atoms with Crippen molar-refractivity contribution in [3.8, 4) is 0 Å². The van der Waals surface area contributed by atoms with Gasteiger partial charge in [0.15, 0.2) is 10.7 Å². The van der Waals surface area contributed by atoms with Crippen LogP contribution in [0.25, 0.3) is 17.1 Å². The molecule has 0 amide bonds. The molecule has 0 radical (unpaired) electrons. The van der Waals surface area contributed by atoms with E-state index in [2.05, 4.69) is 9.97 Å². The highest BCUT2D eigenvalue weighted by atomic mass is 32.1. The molecule has 7 heteroatoms. The number of hydrogen-bond donors (Lipinski definition) is 1. The van der Waals surface area contributed by atoms with Crippen molar-refractivity contribution in [2.45, 2.75) is 27.7 Å². The van der Waals surface area contributed by atoms with E-state index in [4.69, 9.17) is 0 Å². The summed E-state index contributed by atoms with van der Waals surface area (Å²) in [6, 6.07) is 0. The molecule has 0 aliphatic rings. The minimum atomic E-state index is -0.463. The predicted octanol–water partition coefficient (Wildman–Crippen LogP) is 1.68. The number of nitrogens with zero attached hydrogens (tertiary/aromatic N) is 2. The second-order valence-corrected chi connectivity index (χ2v) is 8.28. The first kappa shape index (κ1) is 15.9. The highest BCUT2D eigenvalue weighted by Crippen LogP contribution is 2.17. The Hall–Kier alpha value is -1.99. The zero-order chi connectivity index (χ0) is 16.8. The number of aryl methyl sites for hydroxylation is 1. The maximum absolute atomic E-state index is 12.1. The van der Waals surface area contributed by atoms with E-state index in [1.165, 1.54) is 17.4 Å². The van der Waals surface area contributed by atoms with E-state index in [-0.39, 0.29) is 11.3 Å². The quantitative estimate of drug-likeness (QED) is 0.767. The molecule has 3 aromatic heterocycles. The molecule has 0 aromatic carbocycles. The zero-order valence-corrected chi connectivity index (χ0v) is 15.0. The number of aromatic nitrogens is 3. The number of carbonyl (C=O) groups excluding carboxylic acids is 1. The van der Waals surface area contributed by atoms with Crippen molar-refractivity contribution in [2.75, 3.05) is 0 Å². The summed E-state index contributed by atoms with van der Waals surface area (Å²) in [5, 5.41) is 1.96. The van der Waals surface area contributed by atoms with Gasteiger partial charge in [-0.3, -0.25) is 14.0 Å². The molecular weight excluding hydrogens is 330 g/mol. The Morgan fingerprint density at radius 1 is 1.39 bits per heavy atom. The largest absolute Gasteiger partial charge is 0.313 e. The number of imidazole rings is 1. The number of Topliss-reactive ketones (excluding diaryl/α,β-unsaturated/α-hetero) is 1. The maximum Gasteiger partial charge on any atom is 0.266 e. The maximum atomic E-state index is 12.1. The Bertz CT molecular complexity index is 1060. The Labute approximate surface area is 140 Å². The lowest BCUT2D eigenvalue weighted by molar-refractivity contribution is -0.119. The van der Waals surface area contributed by atoms with Crippen LogP contribution in [0.5, 0.6) is 0 Å².